The van der Waals surface area contributed by atoms with Gasteiger partial charge in [0.25, 0.3) is 5.56 Å². The number of aromatic amines is 1. The van der Waals surface area contributed by atoms with Crippen LogP contribution in [0, 0.1) is 13.8 Å². The van der Waals surface area contributed by atoms with Gasteiger partial charge in [0.2, 0.25) is 0 Å². The predicted molar refractivity (Wildman–Crippen MR) is 101 cm³/mol. The van der Waals surface area contributed by atoms with Crippen molar-refractivity contribution >= 4 is 11.0 Å². The number of rotatable bonds is 4. The average molecular weight is 353 g/mol. The molecule has 26 heavy (non-hydrogen) atoms. The van der Waals surface area contributed by atoms with Gasteiger partial charge in [0.15, 0.2) is 11.5 Å². The summed E-state index contributed by atoms with van der Waals surface area (Å²) in [7, 11) is 0. The molecule has 2 heterocycles. The van der Waals surface area contributed by atoms with Crippen LogP contribution < -0.4 is 16.6 Å². The first-order valence-electron chi connectivity index (χ1n) is 9.18. The Hall–Kier alpha value is -2.54. The summed E-state index contributed by atoms with van der Waals surface area (Å²) in [6.07, 6.45) is 4.98. The van der Waals surface area contributed by atoms with Gasteiger partial charge in [0.05, 0.1) is 11.0 Å². The van der Waals surface area contributed by atoms with Crippen LogP contribution in [0.1, 0.15) is 36.8 Å². The number of fused-ring (bicyclic) bond motifs is 2. The number of benzene rings is 1. The summed E-state index contributed by atoms with van der Waals surface area (Å²) < 4.78 is 1.95. The Kier molecular flexibility index (Phi) is 4.32. The van der Waals surface area contributed by atoms with Crippen molar-refractivity contribution in [2.75, 3.05) is 6.54 Å². The maximum Gasteiger partial charge on any atom is 0.349 e. The highest BCUT2D eigenvalue weighted by Gasteiger charge is 2.20. The van der Waals surface area contributed by atoms with Crippen LogP contribution in [0.5, 0.6) is 0 Å². The van der Waals surface area contributed by atoms with Gasteiger partial charge in [0, 0.05) is 19.1 Å². The minimum Gasteiger partial charge on any atom is -0.321 e. The van der Waals surface area contributed by atoms with Crippen molar-refractivity contribution < 1.29 is 0 Å². The minimum absolute atomic E-state index is 0.209. The topological polar surface area (TPSA) is 92.7 Å². The summed E-state index contributed by atoms with van der Waals surface area (Å²) in [5.41, 5.74) is 2.98. The SMILES string of the molecule is Cc1cc2nc3c(=O)[nH]c(=O)nc-3n(CCNC3CCCC3)c2cc1C. The van der Waals surface area contributed by atoms with Gasteiger partial charge in [-0.25, -0.2) is 9.78 Å². The molecule has 1 saturated carbocycles. The predicted octanol–water partition coefficient (Wildman–Crippen LogP) is 1.73. The number of hydrogen-bond acceptors (Lipinski definition) is 5. The van der Waals surface area contributed by atoms with Crippen molar-refractivity contribution in [2.24, 2.45) is 0 Å². The Morgan fingerprint density at radius 3 is 2.65 bits per heavy atom. The summed E-state index contributed by atoms with van der Waals surface area (Å²) >= 11 is 0. The molecule has 2 N–H and O–H groups in total. The molecule has 1 fully saturated rings. The molecular weight excluding hydrogens is 330 g/mol. The Morgan fingerprint density at radius 2 is 1.88 bits per heavy atom. The molecule has 0 amide bonds. The van der Waals surface area contributed by atoms with E-state index in [4.69, 9.17) is 0 Å². The van der Waals surface area contributed by atoms with Crippen LogP contribution in [0.3, 0.4) is 0 Å². The zero-order chi connectivity index (χ0) is 18.3. The summed E-state index contributed by atoms with van der Waals surface area (Å²) in [5.74, 6) is 0.350. The standard InChI is InChI=1S/C19H23N5O2/c1-11-9-14-15(10-12(11)2)24(8-7-20-13-5-3-4-6-13)17-16(21-14)18(25)23-19(26)22-17/h9-10,13,20H,3-8H2,1-2H3,(H,23,25,26). The Morgan fingerprint density at radius 1 is 1.15 bits per heavy atom. The average Bonchev–Trinajstić information content (AvgIpc) is 3.10. The smallest absolute Gasteiger partial charge is 0.321 e. The third kappa shape index (κ3) is 3.03. The molecule has 4 rings (SSSR count). The van der Waals surface area contributed by atoms with Crippen molar-refractivity contribution in [3.63, 3.8) is 0 Å². The van der Waals surface area contributed by atoms with Crippen molar-refractivity contribution in [3.05, 3.63) is 44.1 Å². The molecule has 2 aliphatic heterocycles. The van der Waals surface area contributed by atoms with Crippen LogP contribution in [-0.2, 0) is 6.54 Å². The number of nitrogens with one attached hydrogen (secondary N) is 2. The number of aryl methyl sites for hydroxylation is 2. The first kappa shape index (κ1) is 16.9. The molecule has 7 heteroatoms. The van der Waals surface area contributed by atoms with Crippen LogP contribution in [0.4, 0.5) is 0 Å². The van der Waals surface area contributed by atoms with Gasteiger partial charge in [-0.3, -0.25) is 9.78 Å². The quantitative estimate of drug-likeness (QED) is 0.697. The molecule has 3 aliphatic rings. The molecule has 0 spiro atoms. The molecule has 7 nitrogen and oxygen atoms in total. The number of hydrogen-bond donors (Lipinski definition) is 2. The second kappa shape index (κ2) is 6.64. The third-order valence-corrected chi connectivity index (χ3v) is 5.35. The van der Waals surface area contributed by atoms with Gasteiger partial charge < -0.3 is 9.88 Å². The van der Waals surface area contributed by atoms with Crippen molar-refractivity contribution in [2.45, 2.75) is 52.1 Å². The first-order valence-corrected chi connectivity index (χ1v) is 9.18. The van der Waals surface area contributed by atoms with Crippen LogP contribution in [0.2, 0.25) is 0 Å². The number of nitrogens with zero attached hydrogens (tertiary/aromatic N) is 3. The van der Waals surface area contributed by atoms with E-state index in [2.05, 4.69) is 26.3 Å². The number of H-pyrrole nitrogens is 1. The van der Waals surface area contributed by atoms with Gasteiger partial charge >= 0.3 is 5.69 Å². The van der Waals surface area contributed by atoms with E-state index in [0.29, 0.717) is 18.4 Å². The lowest BCUT2D eigenvalue weighted by Gasteiger charge is -2.19. The van der Waals surface area contributed by atoms with E-state index in [1.54, 1.807) is 0 Å². The fourth-order valence-electron chi connectivity index (χ4n) is 3.79. The number of aromatic nitrogens is 4. The highest BCUT2D eigenvalue weighted by Crippen LogP contribution is 2.23. The maximum absolute atomic E-state index is 12.2. The zero-order valence-electron chi connectivity index (χ0n) is 15.1. The third-order valence-electron chi connectivity index (χ3n) is 5.35. The van der Waals surface area contributed by atoms with Crippen molar-refractivity contribution in [1.82, 2.24) is 24.8 Å². The van der Waals surface area contributed by atoms with Crippen LogP contribution in [-0.4, -0.2) is 32.1 Å². The van der Waals surface area contributed by atoms with Gasteiger partial charge in [-0.15, -0.1) is 0 Å². The largest absolute Gasteiger partial charge is 0.349 e. The van der Waals surface area contributed by atoms with E-state index in [1.165, 1.54) is 25.7 Å². The molecule has 1 aromatic rings. The second-order valence-corrected chi connectivity index (χ2v) is 7.17. The van der Waals surface area contributed by atoms with Crippen LogP contribution in [0.15, 0.2) is 21.7 Å². The first-order chi connectivity index (χ1) is 12.5. The molecule has 136 valence electrons. The fraction of sp³-hybridized carbons (Fsp3) is 0.474. The molecule has 0 atom stereocenters. The molecule has 0 bridgehead atoms. The Labute approximate surface area is 150 Å². The van der Waals surface area contributed by atoms with Crippen molar-refractivity contribution in [3.8, 4) is 11.5 Å². The summed E-state index contributed by atoms with van der Waals surface area (Å²) in [5, 5.41) is 3.58. The highest BCUT2D eigenvalue weighted by molar-refractivity contribution is 5.81. The second-order valence-electron chi connectivity index (χ2n) is 7.17. The summed E-state index contributed by atoms with van der Waals surface area (Å²) in [6.45, 7) is 5.46. The van der Waals surface area contributed by atoms with E-state index < -0.39 is 11.2 Å². The minimum atomic E-state index is -0.634. The molecule has 0 unspecified atom stereocenters. The van der Waals surface area contributed by atoms with Gasteiger partial charge in [-0.05, 0) is 49.9 Å². The van der Waals surface area contributed by atoms with E-state index in [9.17, 15) is 9.59 Å². The molecule has 1 aromatic carbocycles. The molecule has 0 radical (unpaired) electrons. The van der Waals surface area contributed by atoms with Crippen LogP contribution >= 0.6 is 0 Å². The lowest BCUT2D eigenvalue weighted by molar-refractivity contribution is 0.499. The van der Waals surface area contributed by atoms with Gasteiger partial charge in [-0.1, -0.05) is 12.8 Å². The Bertz CT molecular complexity index is 1050. The monoisotopic (exact) mass is 353 g/mol. The molecule has 0 aromatic heterocycles. The van der Waals surface area contributed by atoms with E-state index in [-0.39, 0.29) is 5.69 Å². The normalized spacial score (nSPS) is 15.3. The van der Waals surface area contributed by atoms with E-state index in [0.717, 1.165) is 28.7 Å². The van der Waals surface area contributed by atoms with Crippen molar-refractivity contribution in [1.29, 1.82) is 0 Å². The summed E-state index contributed by atoms with van der Waals surface area (Å²) in [6, 6.07) is 4.60. The molecule has 1 aliphatic carbocycles. The summed E-state index contributed by atoms with van der Waals surface area (Å²) in [4.78, 5) is 34.8. The van der Waals surface area contributed by atoms with E-state index in [1.807, 2.05) is 24.5 Å². The molecule has 0 saturated heterocycles. The molecular formula is C19H23N5O2. The van der Waals surface area contributed by atoms with Gasteiger partial charge in [0.1, 0.15) is 0 Å². The van der Waals surface area contributed by atoms with Gasteiger partial charge in [-0.2, -0.15) is 4.98 Å². The highest BCUT2D eigenvalue weighted by atomic mass is 16.2. The lowest BCUT2D eigenvalue weighted by atomic mass is 10.1. The maximum atomic E-state index is 12.2. The fourth-order valence-corrected chi connectivity index (χ4v) is 3.79. The van der Waals surface area contributed by atoms with E-state index >= 15 is 0 Å². The lowest BCUT2D eigenvalue weighted by Crippen LogP contribution is -2.32. The van der Waals surface area contributed by atoms with Crippen LogP contribution in [0.25, 0.3) is 22.6 Å². The zero-order valence-corrected chi connectivity index (χ0v) is 15.1. The Balaban J connectivity index is 1.83.